The third-order valence-electron chi connectivity index (χ3n) is 4.64. The number of aliphatic hydroxyl groups excluding tert-OH is 4. The van der Waals surface area contributed by atoms with Crippen molar-refractivity contribution < 1.29 is 39.9 Å². The first kappa shape index (κ1) is 23.1. The average molecular weight is 458 g/mol. The molecule has 3 rings (SSSR count). The highest BCUT2D eigenvalue weighted by Crippen LogP contribution is 2.33. The van der Waals surface area contributed by atoms with Gasteiger partial charge in [-0.1, -0.05) is 11.8 Å². The van der Waals surface area contributed by atoms with Crippen molar-refractivity contribution in [2.45, 2.75) is 48.8 Å². The Morgan fingerprint density at radius 2 is 2.03 bits per heavy atom. The lowest BCUT2D eigenvalue weighted by Crippen LogP contribution is -2.49. The highest BCUT2D eigenvalue weighted by molar-refractivity contribution is 7.98. The Kier molecular flexibility index (Phi) is 6.93. The van der Waals surface area contributed by atoms with Crippen LogP contribution in [0.1, 0.15) is 13.2 Å². The Hall–Kier alpha value is -2.56. The normalized spacial score (nSPS) is 25.4. The minimum absolute atomic E-state index is 0.0490. The molecule has 1 aliphatic rings. The number of rotatable bonds is 7. The number of ether oxygens (including phenoxy) is 1. The number of aliphatic hydroxyl groups is 4. The van der Waals surface area contributed by atoms with Crippen molar-refractivity contribution in [1.29, 1.82) is 0 Å². The predicted octanol–water partition coefficient (Wildman–Crippen LogP) is -1.88. The monoisotopic (exact) mass is 458 g/mol. The van der Waals surface area contributed by atoms with E-state index in [1.54, 1.807) is 6.26 Å². The molecule has 0 unspecified atom stereocenters. The number of nitrogens with zero attached hydrogens (tertiary/aromatic N) is 4. The summed E-state index contributed by atoms with van der Waals surface area (Å²) < 4.78 is 6.83. The number of amides is 2. The van der Waals surface area contributed by atoms with E-state index >= 15 is 0 Å². The Labute approximate surface area is 179 Å². The number of carbonyl (C=O) groups is 2. The molecule has 0 saturated carbocycles. The number of carbonyl (C=O) groups excluding carboxylic acids is 1. The molecule has 6 atom stereocenters. The van der Waals surface area contributed by atoms with Crippen molar-refractivity contribution >= 4 is 40.7 Å². The van der Waals surface area contributed by atoms with E-state index in [2.05, 4.69) is 25.6 Å². The minimum Gasteiger partial charge on any atom is -0.480 e. The van der Waals surface area contributed by atoms with E-state index in [-0.39, 0.29) is 22.1 Å². The van der Waals surface area contributed by atoms with Gasteiger partial charge in [0, 0.05) is 0 Å². The van der Waals surface area contributed by atoms with Gasteiger partial charge in [0.15, 0.2) is 34.4 Å². The molecule has 2 aromatic rings. The Morgan fingerprint density at radius 3 is 2.58 bits per heavy atom. The molecule has 2 aromatic heterocycles. The summed E-state index contributed by atoms with van der Waals surface area (Å²) in [5.74, 6) is -1.47. The molecule has 0 aromatic carbocycles. The predicted molar refractivity (Wildman–Crippen MR) is 105 cm³/mol. The zero-order chi connectivity index (χ0) is 22.9. The molecule has 1 aliphatic heterocycles. The summed E-state index contributed by atoms with van der Waals surface area (Å²) in [6.45, 7) is 0.712. The van der Waals surface area contributed by atoms with Crippen LogP contribution in [0.5, 0.6) is 0 Å². The van der Waals surface area contributed by atoms with Gasteiger partial charge in [0.1, 0.15) is 18.3 Å². The number of anilines is 1. The second-order valence-corrected chi connectivity index (χ2v) is 7.54. The fraction of sp³-hybridized carbons (Fsp3) is 0.562. The third kappa shape index (κ3) is 4.56. The van der Waals surface area contributed by atoms with E-state index in [0.29, 0.717) is 0 Å². The van der Waals surface area contributed by atoms with Crippen molar-refractivity contribution in [2.24, 2.45) is 0 Å². The van der Waals surface area contributed by atoms with Gasteiger partial charge in [-0.3, -0.25) is 9.88 Å². The first-order chi connectivity index (χ1) is 14.7. The van der Waals surface area contributed by atoms with Crippen LogP contribution < -0.4 is 10.6 Å². The first-order valence-electron chi connectivity index (χ1n) is 9.07. The summed E-state index contributed by atoms with van der Waals surface area (Å²) in [5.41, 5.74) is 0.268. The molecule has 0 bridgehead atoms. The molecule has 1 saturated heterocycles. The lowest BCUT2D eigenvalue weighted by Gasteiger charge is -2.18. The lowest BCUT2D eigenvalue weighted by atomic mass is 10.1. The number of hydrogen-bond acceptors (Lipinski definition) is 11. The minimum atomic E-state index is -1.55. The fourth-order valence-electron chi connectivity index (χ4n) is 3.04. The van der Waals surface area contributed by atoms with Crippen LogP contribution in [0.15, 0.2) is 11.5 Å². The van der Waals surface area contributed by atoms with Crippen molar-refractivity contribution in [2.75, 3.05) is 18.2 Å². The summed E-state index contributed by atoms with van der Waals surface area (Å²) in [4.78, 5) is 36.1. The van der Waals surface area contributed by atoms with E-state index in [1.165, 1.54) is 17.8 Å². The quantitative estimate of drug-likeness (QED) is 0.179. The van der Waals surface area contributed by atoms with Gasteiger partial charge in [0.05, 0.1) is 19.0 Å². The molecule has 0 spiro atoms. The Balaban J connectivity index is 1.93. The highest BCUT2D eigenvalue weighted by atomic mass is 32.2. The van der Waals surface area contributed by atoms with Crippen LogP contribution in [0.4, 0.5) is 10.6 Å². The maximum absolute atomic E-state index is 12.3. The van der Waals surface area contributed by atoms with Gasteiger partial charge in [-0.2, -0.15) is 0 Å². The van der Waals surface area contributed by atoms with Crippen LogP contribution in [-0.4, -0.2) is 100 Å². The second kappa shape index (κ2) is 9.29. The standard InChI is InChI=1S/C16H22N6O8S/c1-5(24)7(14(27)28)18-15(29)19-11-8-12(21-16(20-11)31-2)22(4-17-8)13-10(26)9(25)6(3-23)30-13/h4-7,9-10,13,23-26H,3H2,1-2H3,(H,27,28)(H2,18,19,20,21,29)/t5-,6-,7+,9+,10-,13-/m1/s1. The van der Waals surface area contributed by atoms with Gasteiger partial charge in [-0.15, -0.1) is 0 Å². The lowest BCUT2D eigenvalue weighted by molar-refractivity contribution is -0.141. The van der Waals surface area contributed by atoms with Crippen LogP contribution in [-0.2, 0) is 9.53 Å². The summed E-state index contributed by atoms with van der Waals surface area (Å²) >= 11 is 1.15. The number of thioether (sulfide) groups is 1. The molecule has 2 amide bonds. The van der Waals surface area contributed by atoms with Crippen LogP contribution in [0, 0.1) is 0 Å². The first-order valence-corrected chi connectivity index (χ1v) is 10.3. The number of aliphatic carboxylic acids is 1. The molecular weight excluding hydrogens is 436 g/mol. The molecule has 7 N–H and O–H groups in total. The van der Waals surface area contributed by atoms with E-state index < -0.39 is 55.3 Å². The van der Waals surface area contributed by atoms with Gasteiger partial charge in [0.25, 0.3) is 0 Å². The number of carboxylic acids is 1. The van der Waals surface area contributed by atoms with Gasteiger partial charge < -0.3 is 35.6 Å². The molecule has 170 valence electrons. The summed E-state index contributed by atoms with van der Waals surface area (Å²) in [5, 5.41) is 53.0. The maximum Gasteiger partial charge on any atom is 0.328 e. The average Bonchev–Trinajstić information content (AvgIpc) is 3.26. The van der Waals surface area contributed by atoms with E-state index in [9.17, 15) is 30.0 Å². The number of nitrogens with one attached hydrogen (secondary N) is 2. The van der Waals surface area contributed by atoms with Crippen molar-refractivity contribution in [3.63, 3.8) is 0 Å². The number of fused-ring (bicyclic) bond motifs is 1. The van der Waals surface area contributed by atoms with Gasteiger partial charge in [0.2, 0.25) is 0 Å². The van der Waals surface area contributed by atoms with E-state index in [1.807, 2.05) is 0 Å². The molecule has 0 aliphatic carbocycles. The second-order valence-electron chi connectivity index (χ2n) is 6.77. The zero-order valence-electron chi connectivity index (χ0n) is 16.4. The number of urea groups is 1. The molecule has 1 fully saturated rings. The number of carboxylic acid groups (broad SMARTS) is 1. The Bertz CT molecular complexity index is 971. The van der Waals surface area contributed by atoms with Crippen LogP contribution in [0.3, 0.4) is 0 Å². The van der Waals surface area contributed by atoms with Crippen molar-refractivity contribution in [1.82, 2.24) is 24.8 Å². The number of aromatic nitrogens is 4. The molecule has 15 heteroatoms. The van der Waals surface area contributed by atoms with Gasteiger partial charge in [-0.05, 0) is 13.2 Å². The smallest absolute Gasteiger partial charge is 0.328 e. The highest BCUT2D eigenvalue weighted by Gasteiger charge is 2.44. The molecule has 14 nitrogen and oxygen atoms in total. The van der Waals surface area contributed by atoms with E-state index in [4.69, 9.17) is 9.84 Å². The summed E-state index contributed by atoms with van der Waals surface area (Å²) in [7, 11) is 0. The van der Waals surface area contributed by atoms with Crippen LogP contribution in [0.2, 0.25) is 0 Å². The largest absolute Gasteiger partial charge is 0.480 e. The fourth-order valence-corrected chi connectivity index (χ4v) is 3.40. The molecule has 31 heavy (non-hydrogen) atoms. The number of imidazole rings is 1. The molecule has 0 radical (unpaired) electrons. The summed E-state index contributed by atoms with van der Waals surface area (Å²) in [6, 6.07) is -2.49. The molecule has 3 heterocycles. The van der Waals surface area contributed by atoms with Crippen molar-refractivity contribution in [3.8, 4) is 0 Å². The third-order valence-corrected chi connectivity index (χ3v) is 5.19. The van der Waals surface area contributed by atoms with Gasteiger partial charge >= 0.3 is 12.0 Å². The maximum atomic E-state index is 12.3. The van der Waals surface area contributed by atoms with Crippen LogP contribution >= 0.6 is 11.8 Å². The van der Waals surface area contributed by atoms with Crippen molar-refractivity contribution in [3.05, 3.63) is 6.33 Å². The molecular formula is C16H22N6O8S. The summed E-state index contributed by atoms with van der Waals surface area (Å²) in [6.07, 6.45) is -3.20. The van der Waals surface area contributed by atoms with Gasteiger partial charge in [-0.25, -0.2) is 24.5 Å². The van der Waals surface area contributed by atoms with Crippen LogP contribution in [0.25, 0.3) is 11.2 Å². The Morgan fingerprint density at radius 1 is 1.32 bits per heavy atom. The zero-order valence-corrected chi connectivity index (χ0v) is 17.2. The number of hydrogen-bond donors (Lipinski definition) is 7. The SMILES string of the molecule is CSc1nc(NC(=O)N[C@H](C(=O)O)[C@@H](C)O)c2ncn([C@@H]3O[C@H](CO)[C@H](O)[C@H]3O)c2n1. The topological polar surface area (TPSA) is 212 Å². The van der Waals surface area contributed by atoms with E-state index in [0.717, 1.165) is 11.8 Å².